The first-order valence-electron chi connectivity index (χ1n) is 15.4. The molecule has 10 nitrogen and oxygen atoms in total. The van der Waals surface area contributed by atoms with Crippen LogP contribution in [0, 0.1) is 5.92 Å². The molecule has 1 amide bonds. The fourth-order valence-corrected chi connectivity index (χ4v) is 5.31. The zero-order valence-electron chi connectivity index (χ0n) is 26.5. The minimum atomic E-state index is -0.458. The van der Waals surface area contributed by atoms with E-state index in [2.05, 4.69) is 5.32 Å². The second kappa shape index (κ2) is 16.0. The van der Waals surface area contributed by atoms with Crippen LogP contribution in [0.4, 0.5) is 0 Å². The molecule has 10 heteroatoms. The minimum absolute atomic E-state index is 0.0263. The predicted molar refractivity (Wildman–Crippen MR) is 168 cm³/mol. The normalized spacial score (nSPS) is 14.0. The average Bonchev–Trinajstić information content (AvgIpc) is 3.57. The number of hydrogen-bond acceptors (Lipinski definition) is 8. The molecule has 0 spiro atoms. The Bertz CT molecular complexity index is 1340. The van der Waals surface area contributed by atoms with Gasteiger partial charge in [0.05, 0.1) is 32.8 Å². The summed E-state index contributed by atoms with van der Waals surface area (Å²) in [6.07, 6.45) is 5.57. The van der Waals surface area contributed by atoms with Crippen LogP contribution in [0.25, 0.3) is 5.69 Å². The lowest BCUT2D eigenvalue weighted by molar-refractivity contribution is -0.148. The van der Waals surface area contributed by atoms with Gasteiger partial charge in [-0.2, -0.15) is 0 Å². The lowest BCUT2D eigenvalue weighted by atomic mass is 10.0. The lowest BCUT2D eigenvalue weighted by Gasteiger charge is -2.35. The molecule has 0 radical (unpaired) electrons. The van der Waals surface area contributed by atoms with E-state index in [4.69, 9.17) is 23.7 Å². The summed E-state index contributed by atoms with van der Waals surface area (Å²) in [5.41, 5.74) is 2.18. The maximum atomic E-state index is 14.3. The first kappa shape index (κ1) is 32.7. The van der Waals surface area contributed by atoms with Gasteiger partial charge in [-0.1, -0.05) is 0 Å². The van der Waals surface area contributed by atoms with Crippen LogP contribution in [-0.2, 0) is 16.1 Å². The zero-order valence-corrected chi connectivity index (χ0v) is 26.5. The van der Waals surface area contributed by atoms with E-state index in [0.717, 1.165) is 37.2 Å². The standard InChI is InChI=1S/C34H45N3O7/c1-6-41-30-17-25(18-31(42-7-2)32(30)36-15-9-10-16-36)22-37(27-11-13-35-14-12-27)33(38)26-19-28(40-5)21-29(20-26)44-23-24(4)34(39)43-8-3/h9-10,15-21,24,27,35H,6-8,11-14,22-23H2,1-5H3. The van der Waals surface area contributed by atoms with E-state index in [1.807, 2.05) is 60.0 Å². The van der Waals surface area contributed by atoms with Crippen molar-refractivity contribution in [2.45, 2.75) is 53.1 Å². The topological polar surface area (TPSA) is 100 Å². The molecule has 1 fully saturated rings. The van der Waals surface area contributed by atoms with E-state index in [1.165, 1.54) is 0 Å². The SMILES string of the molecule is CCOC(=O)C(C)COc1cc(OC)cc(C(=O)N(Cc2cc(OCC)c(-n3cccc3)c(OCC)c2)C2CCNCC2)c1. The van der Waals surface area contributed by atoms with Gasteiger partial charge < -0.3 is 38.5 Å². The van der Waals surface area contributed by atoms with E-state index < -0.39 is 5.92 Å². The number of amides is 1. The first-order chi connectivity index (χ1) is 21.4. The summed E-state index contributed by atoms with van der Waals surface area (Å²) in [6.45, 7) is 10.8. The lowest BCUT2D eigenvalue weighted by Crippen LogP contribution is -2.45. The highest BCUT2D eigenvalue weighted by atomic mass is 16.5. The molecular weight excluding hydrogens is 562 g/mol. The van der Waals surface area contributed by atoms with Crippen molar-refractivity contribution < 1.29 is 33.3 Å². The Kier molecular flexibility index (Phi) is 11.9. The number of benzene rings is 2. The maximum Gasteiger partial charge on any atom is 0.312 e. The molecule has 0 bridgehead atoms. The largest absolute Gasteiger partial charge is 0.497 e. The van der Waals surface area contributed by atoms with Crippen molar-refractivity contribution in [3.63, 3.8) is 0 Å². The predicted octanol–water partition coefficient (Wildman–Crippen LogP) is 5.26. The van der Waals surface area contributed by atoms with Gasteiger partial charge in [-0.15, -0.1) is 0 Å². The van der Waals surface area contributed by atoms with Crippen molar-refractivity contribution in [2.24, 2.45) is 5.92 Å². The third-order valence-corrected chi connectivity index (χ3v) is 7.48. The van der Waals surface area contributed by atoms with Gasteiger partial charge in [0, 0.05) is 36.6 Å². The second-order valence-corrected chi connectivity index (χ2v) is 10.7. The molecule has 1 N–H and O–H groups in total. The highest BCUT2D eigenvalue weighted by Gasteiger charge is 2.28. The number of hydrogen-bond donors (Lipinski definition) is 1. The number of methoxy groups -OCH3 is 1. The molecule has 1 unspecified atom stereocenters. The van der Waals surface area contributed by atoms with Crippen LogP contribution < -0.4 is 24.3 Å². The van der Waals surface area contributed by atoms with Crippen LogP contribution >= 0.6 is 0 Å². The smallest absolute Gasteiger partial charge is 0.312 e. The maximum absolute atomic E-state index is 14.3. The minimum Gasteiger partial charge on any atom is -0.497 e. The van der Waals surface area contributed by atoms with Crippen LogP contribution in [-0.4, -0.2) is 74.0 Å². The molecule has 238 valence electrons. The highest BCUT2D eigenvalue weighted by Crippen LogP contribution is 2.36. The van der Waals surface area contributed by atoms with E-state index in [1.54, 1.807) is 39.2 Å². The highest BCUT2D eigenvalue weighted by molar-refractivity contribution is 5.95. The molecule has 2 aromatic carbocycles. The quantitative estimate of drug-likeness (QED) is 0.234. The Morgan fingerprint density at radius 3 is 2.14 bits per heavy atom. The number of nitrogens with zero attached hydrogens (tertiary/aromatic N) is 2. The van der Waals surface area contributed by atoms with Crippen LogP contribution in [0.3, 0.4) is 0 Å². The molecule has 1 saturated heterocycles. The molecule has 1 aliphatic heterocycles. The average molecular weight is 608 g/mol. The summed E-state index contributed by atoms with van der Waals surface area (Å²) >= 11 is 0. The van der Waals surface area contributed by atoms with Crippen LogP contribution in [0.5, 0.6) is 23.0 Å². The van der Waals surface area contributed by atoms with Crippen LogP contribution in [0.15, 0.2) is 54.9 Å². The molecule has 1 aliphatic rings. The zero-order chi connectivity index (χ0) is 31.5. The van der Waals surface area contributed by atoms with Gasteiger partial charge in [0.1, 0.15) is 35.3 Å². The third kappa shape index (κ3) is 8.25. The number of ether oxygens (including phenoxy) is 5. The summed E-state index contributed by atoms with van der Waals surface area (Å²) in [6, 6.07) is 13.1. The Labute approximate surface area is 260 Å². The number of esters is 1. The van der Waals surface area contributed by atoms with Crippen LogP contribution in [0.2, 0.25) is 0 Å². The van der Waals surface area contributed by atoms with Crippen LogP contribution in [0.1, 0.15) is 56.5 Å². The summed E-state index contributed by atoms with van der Waals surface area (Å²) in [4.78, 5) is 28.4. The monoisotopic (exact) mass is 607 g/mol. The van der Waals surface area contributed by atoms with Crippen molar-refractivity contribution in [2.75, 3.05) is 46.6 Å². The third-order valence-electron chi connectivity index (χ3n) is 7.48. The number of rotatable bonds is 15. The summed E-state index contributed by atoms with van der Waals surface area (Å²) in [5, 5.41) is 3.40. The first-order valence-corrected chi connectivity index (χ1v) is 15.4. The second-order valence-electron chi connectivity index (χ2n) is 10.7. The molecule has 1 atom stereocenters. The van der Waals surface area contributed by atoms with Gasteiger partial charge in [0.15, 0.2) is 0 Å². The Balaban J connectivity index is 1.68. The van der Waals surface area contributed by atoms with E-state index >= 15 is 0 Å². The Morgan fingerprint density at radius 1 is 0.909 bits per heavy atom. The fraction of sp³-hybridized carbons (Fsp3) is 0.471. The molecule has 0 aliphatic carbocycles. The number of piperidine rings is 1. The van der Waals surface area contributed by atoms with Gasteiger partial charge in [0.25, 0.3) is 5.91 Å². The molecular formula is C34H45N3O7. The van der Waals surface area contributed by atoms with Gasteiger partial charge in [-0.25, -0.2) is 0 Å². The Morgan fingerprint density at radius 2 is 1.55 bits per heavy atom. The van der Waals surface area contributed by atoms with Crippen molar-refractivity contribution in [1.82, 2.24) is 14.8 Å². The van der Waals surface area contributed by atoms with Gasteiger partial charge in [-0.05, 0) is 95.6 Å². The van der Waals surface area contributed by atoms with E-state index in [0.29, 0.717) is 54.9 Å². The number of nitrogens with one attached hydrogen (secondary N) is 1. The molecule has 4 rings (SSSR count). The van der Waals surface area contributed by atoms with Crippen molar-refractivity contribution >= 4 is 11.9 Å². The van der Waals surface area contributed by atoms with E-state index in [9.17, 15) is 9.59 Å². The number of carbonyl (C=O) groups is 2. The summed E-state index contributed by atoms with van der Waals surface area (Å²) in [5.74, 6) is 1.40. The van der Waals surface area contributed by atoms with Gasteiger partial charge >= 0.3 is 5.97 Å². The molecule has 1 aromatic heterocycles. The van der Waals surface area contributed by atoms with Crippen molar-refractivity contribution in [1.29, 1.82) is 0 Å². The van der Waals surface area contributed by atoms with Crippen molar-refractivity contribution in [3.8, 4) is 28.7 Å². The molecule has 44 heavy (non-hydrogen) atoms. The fourth-order valence-electron chi connectivity index (χ4n) is 5.31. The summed E-state index contributed by atoms with van der Waals surface area (Å²) in [7, 11) is 1.55. The summed E-state index contributed by atoms with van der Waals surface area (Å²) < 4.78 is 30.8. The van der Waals surface area contributed by atoms with Gasteiger partial charge in [0.2, 0.25) is 0 Å². The number of carbonyl (C=O) groups excluding carboxylic acids is 2. The molecule has 2 heterocycles. The van der Waals surface area contributed by atoms with E-state index in [-0.39, 0.29) is 24.5 Å². The van der Waals surface area contributed by atoms with Gasteiger partial charge in [-0.3, -0.25) is 9.59 Å². The molecule has 3 aromatic rings. The Hall–Kier alpha value is -4.18. The van der Waals surface area contributed by atoms with Crippen molar-refractivity contribution in [3.05, 3.63) is 66.0 Å². The molecule has 0 saturated carbocycles. The number of aromatic nitrogens is 1.